The van der Waals surface area contributed by atoms with Gasteiger partial charge in [0.1, 0.15) is 5.82 Å². The smallest absolute Gasteiger partial charge is 0.191 e. The molecule has 0 spiro atoms. The molecule has 1 aliphatic carbocycles. The lowest BCUT2D eigenvalue weighted by Gasteiger charge is -2.34. The second kappa shape index (κ2) is 11.0. The number of ether oxygens (including phenoxy) is 1. The second-order valence-corrected chi connectivity index (χ2v) is 6.76. The number of benzene rings is 1. The molecule has 7 heteroatoms. The lowest BCUT2D eigenvalue weighted by atomic mass is 10.0. The molecule has 146 valence electrons. The van der Waals surface area contributed by atoms with Gasteiger partial charge in [-0.05, 0) is 43.4 Å². The molecule has 0 radical (unpaired) electrons. The van der Waals surface area contributed by atoms with Crippen LogP contribution in [0.2, 0.25) is 0 Å². The van der Waals surface area contributed by atoms with Gasteiger partial charge in [0.05, 0.1) is 25.8 Å². The highest BCUT2D eigenvalue weighted by molar-refractivity contribution is 14.0. The Kier molecular flexibility index (Phi) is 9.07. The number of nitrogens with zero attached hydrogens (tertiary/aromatic N) is 2. The first-order valence-corrected chi connectivity index (χ1v) is 9.35. The summed E-state index contributed by atoms with van der Waals surface area (Å²) in [6.45, 7) is 7.62. The third kappa shape index (κ3) is 6.66. The predicted octanol–water partition coefficient (Wildman–Crippen LogP) is 2.78. The quantitative estimate of drug-likeness (QED) is 0.361. The minimum absolute atomic E-state index is 0. The molecular weight excluding hydrogens is 446 g/mol. The van der Waals surface area contributed by atoms with E-state index in [1.807, 2.05) is 6.07 Å². The number of halogens is 2. The summed E-state index contributed by atoms with van der Waals surface area (Å²) in [5.74, 6) is 1.45. The number of nitrogens with one attached hydrogen (secondary N) is 2. The summed E-state index contributed by atoms with van der Waals surface area (Å²) in [6.07, 6.45) is 2.62. The normalized spacial score (nSPS) is 19.5. The van der Waals surface area contributed by atoms with Crippen molar-refractivity contribution in [1.82, 2.24) is 15.5 Å². The Labute approximate surface area is 172 Å². The molecule has 0 amide bonds. The highest BCUT2D eigenvalue weighted by Gasteiger charge is 2.24. The van der Waals surface area contributed by atoms with Crippen molar-refractivity contribution < 1.29 is 9.13 Å². The van der Waals surface area contributed by atoms with Crippen LogP contribution < -0.4 is 10.6 Å². The molecule has 1 aromatic rings. The van der Waals surface area contributed by atoms with Gasteiger partial charge in [-0.3, -0.25) is 9.89 Å². The van der Waals surface area contributed by atoms with Crippen LogP contribution in [-0.2, 0) is 4.74 Å². The largest absolute Gasteiger partial charge is 0.379 e. The van der Waals surface area contributed by atoms with Crippen LogP contribution in [-0.4, -0.2) is 56.8 Å². The number of hydrogen-bond donors (Lipinski definition) is 2. The summed E-state index contributed by atoms with van der Waals surface area (Å²) in [5.41, 5.74) is 0.976. The predicted molar refractivity (Wildman–Crippen MR) is 114 cm³/mol. The van der Waals surface area contributed by atoms with Crippen molar-refractivity contribution in [1.29, 1.82) is 0 Å². The Morgan fingerprint density at radius 3 is 2.73 bits per heavy atom. The minimum Gasteiger partial charge on any atom is -0.379 e. The van der Waals surface area contributed by atoms with E-state index in [-0.39, 0.29) is 35.8 Å². The van der Waals surface area contributed by atoms with E-state index in [1.165, 1.54) is 18.9 Å². The number of morpholine rings is 1. The van der Waals surface area contributed by atoms with Crippen molar-refractivity contribution in [2.75, 3.05) is 45.9 Å². The molecule has 2 aliphatic rings. The fraction of sp³-hybridized carbons (Fsp3) is 0.632. The number of rotatable bonds is 7. The number of hydrogen-bond acceptors (Lipinski definition) is 3. The van der Waals surface area contributed by atoms with Crippen molar-refractivity contribution in [3.63, 3.8) is 0 Å². The van der Waals surface area contributed by atoms with E-state index in [4.69, 9.17) is 9.73 Å². The van der Waals surface area contributed by atoms with Gasteiger partial charge in [0, 0.05) is 26.2 Å². The number of aliphatic imine (C=N–C) groups is 1. The van der Waals surface area contributed by atoms with E-state index in [0.717, 1.165) is 56.8 Å². The maximum atomic E-state index is 13.7. The summed E-state index contributed by atoms with van der Waals surface area (Å²) in [7, 11) is 0. The van der Waals surface area contributed by atoms with Crippen molar-refractivity contribution in [3.05, 3.63) is 35.6 Å². The molecule has 0 aromatic heterocycles. The Bertz CT molecular complexity index is 576. The summed E-state index contributed by atoms with van der Waals surface area (Å²) in [6, 6.07) is 6.95. The molecule has 5 nitrogen and oxygen atoms in total. The maximum Gasteiger partial charge on any atom is 0.191 e. The van der Waals surface area contributed by atoms with Gasteiger partial charge in [0.15, 0.2) is 5.96 Å². The highest BCUT2D eigenvalue weighted by atomic mass is 127. The minimum atomic E-state index is -0.196. The van der Waals surface area contributed by atoms with Gasteiger partial charge in [0.25, 0.3) is 0 Å². The average molecular weight is 476 g/mol. The van der Waals surface area contributed by atoms with Crippen LogP contribution in [0.4, 0.5) is 4.39 Å². The van der Waals surface area contributed by atoms with Crippen molar-refractivity contribution in [2.24, 2.45) is 10.9 Å². The molecule has 1 saturated heterocycles. The third-order valence-electron chi connectivity index (χ3n) is 4.74. The van der Waals surface area contributed by atoms with Gasteiger partial charge in [-0.15, -0.1) is 24.0 Å². The van der Waals surface area contributed by atoms with Gasteiger partial charge in [-0.2, -0.15) is 0 Å². The van der Waals surface area contributed by atoms with Crippen molar-refractivity contribution in [3.8, 4) is 0 Å². The first kappa shape index (κ1) is 21.4. The van der Waals surface area contributed by atoms with Gasteiger partial charge in [-0.1, -0.05) is 12.1 Å². The highest BCUT2D eigenvalue weighted by Crippen LogP contribution is 2.27. The van der Waals surface area contributed by atoms with Crippen molar-refractivity contribution >= 4 is 29.9 Å². The molecule has 0 bridgehead atoms. The van der Waals surface area contributed by atoms with E-state index < -0.39 is 0 Å². The molecular formula is C19H30FIN4O. The number of guanidine groups is 1. The first-order valence-electron chi connectivity index (χ1n) is 9.35. The van der Waals surface area contributed by atoms with Crippen LogP contribution in [0.15, 0.2) is 29.3 Å². The van der Waals surface area contributed by atoms with Crippen LogP contribution >= 0.6 is 24.0 Å². The zero-order valence-corrected chi connectivity index (χ0v) is 17.7. The Hall–Kier alpha value is -0.930. The first-order chi connectivity index (χ1) is 12.3. The van der Waals surface area contributed by atoms with Crippen LogP contribution in [0, 0.1) is 11.7 Å². The molecule has 1 atom stereocenters. The molecule has 3 rings (SSSR count). The second-order valence-electron chi connectivity index (χ2n) is 6.76. The lowest BCUT2D eigenvalue weighted by molar-refractivity contribution is 0.0179. The van der Waals surface area contributed by atoms with E-state index in [1.54, 1.807) is 12.1 Å². The summed E-state index contributed by atoms with van der Waals surface area (Å²) in [4.78, 5) is 7.12. The monoisotopic (exact) mass is 476 g/mol. The molecule has 1 aromatic carbocycles. The average Bonchev–Trinajstić information content (AvgIpc) is 3.45. The fourth-order valence-corrected chi connectivity index (χ4v) is 3.12. The van der Waals surface area contributed by atoms with Crippen LogP contribution in [0.25, 0.3) is 0 Å². The maximum absolute atomic E-state index is 13.7. The summed E-state index contributed by atoms with van der Waals surface area (Å²) >= 11 is 0. The zero-order chi connectivity index (χ0) is 17.5. The zero-order valence-electron chi connectivity index (χ0n) is 15.4. The molecule has 1 saturated carbocycles. The molecule has 2 N–H and O–H groups in total. The van der Waals surface area contributed by atoms with Crippen molar-refractivity contribution in [2.45, 2.75) is 25.8 Å². The van der Waals surface area contributed by atoms with Gasteiger partial charge < -0.3 is 15.4 Å². The van der Waals surface area contributed by atoms with E-state index in [9.17, 15) is 4.39 Å². The molecule has 1 heterocycles. The fourth-order valence-electron chi connectivity index (χ4n) is 3.12. The Morgan fingerprint density at radius 1 is 1.31 bits per heavy atom. The van der Waals surface area contributed by atoms with E-state index in [0.29, 0.717) is 6.54 Å². The molecule has 26 heavy (non-hydrogen) atoms. The topological polar surface area (TPSA) is 48.9 Å². The molecule has 1 aliphatic heterocycles. The van der Waals surface area contributed by atoms with E-state index in [2.05, 4.69) is 22.5 Å². The molecule has 2 fully saturated rings. The van der Waals surface area contributed by atoms with Gasteiger partial charge >= 0.3 is 0 Å². The van der Waals surface area contributed by atoms with Gasteiger partial charge in [-0.25, -0.2) is 4.39 Å². The summed E-state index contributed by atoms with van der Waals surface area (Å²) in [5, 5.41) is 6.73. The Morgan fingerprint density at radius 2 is 2.08 bits per heavy atom. The Balaban J connectivity index is 0.00000243. The lowest BCUT2D eigenvalue weighted by Crippen LogP contribution is -2.42. The SMILES string of the molecule is CCNC(=NCC(c1cccc(F)c1)N1CCOCC1)NCC1CC1.I. The summed E-state index contributed by atoms with van der Waals surface area (Å²) < 4.78 is 19.2. The molecule has 1 unspecified atom stereocenters. The van der Waals surface area contributed by atoms with E-state index >= 15 is 0 Å². The standard InChI is InChI=1S/C19H29FN4O.HI/c1-2-21-19(22-13-15-6-7-15)23-14-18(24-8-10-25-11-9-24)16-4-3-5-17(20)12-16;/h3-5,12,15,18H,2,6-11,13-14H2,1H3,(H2,21,22,23);1H. The van der Waals surface area contributed by atoms with Gasteiger partial charge in [0.2, 0.25) is 0 Å². The third-order valence-corrected chi connectivity index (χ3v) is 4.74. The van der Waals surface area contributed by atoms with Crippen LogP contribution in [0.5, 0.6) is 0 Å². The van der Waals surface area contributed by atoms with Crippen LogP contribution in [0.1, 0.15) is 31.4 Å². The van der Waals surface area contributed by atoms with Crippen LogP contribution in [0.3, 0.4) is 0 Å².